The summed E-state index contributed by atoms with van der Waals surface area (Å²) < 4.78 is 2.51. The van der Waals surface area contributed by atoms with E-state index in [1.54, 1.807) is 30.5 Å². The molecule has 156 valence electrons. The summed E-state index contributed by atoms with van der Waals surface area (Å²) in [5.41, 5.74) is 3.13. The van der Waals surface area contributed by atoms with Crippen LogP contribution in [0.5, 0.6) is 0 Å². The van der Waals surface area contributed by atoms with Gasteiger partial charge >= 0.3 is 5.97 Å². The van der Waals surface area contributed by atoms with Crippen LogP contribution >= 0.6 is 15.9 Å². The van der Waals surface area contributed by atoms with Gasteiger partial charge in [-0.25, -0.2) is 9.97 Å². The summed E-state index contributed by atoms with van der Waals surface area (Å²) in [6.07, 6.45) is 4.94. The van der Waals surface area contributed by atoms with Crippen LogP contribution in [0.1, 0.15) is 12.1 Å². The minimum Gasteiger partial charge on any atom is -0.481 e. The smallest absolute Gasteiger partial charge is 0.307 e. The van der Waals surface area contributed by atoms with E-state index < -0.39 is 11.9 Å². The van der Waals surface area contributed by atoms with Gasteiger partial charge in [0.2, 0.25) is 11.9 Å². The molecule has 10 nitrogen and oxygen atoms in total. The van der Waals surface area contributed by atoms with E-state index in [-0.39, 0.29) is 18.7 Å². The number of aromatic nitrogens is 4. The maximum atomic E-state index is 12.9. The average Bonchev–Trinajstić information content (AvgIpc) is 3.45. The van der Waals surface area contributed by atoms with E-state index in [0.29, 0.717) is 19.0 Å². The third kappa shape index (κ3) is 3.92. The number of nitrogens with zero attached hydrogens (tertiary/aromatic N) is 5. The lowest BCUT2D eigenvalue weighted by Crippen LogP contribution is -2.40. The first-order chi connectivity index (χ1) is 14.4. The van der Waals surface area contributed by atoms with Crippen molar-refractivity contribution in [3.05, 3.63) is 41.2 Å². The maximum Gasteiger partial charge on any atom is 0.307 e. The minimum absolute atomic E-state index is 0.124. The number of aliphatic imine (C=N–C) groups is 1. The first kappa shape index (κ1) is 20.1. The molecule has 1 amide bonds. The molecule has 0 radical (unpaired) electrons. The summed E-state index contributed by atoms with van der Waals surface area (Å²) in [6, 6.07) is 3.74. The quantitative estimate of drug-likeness (QED) is 0.502. The van der Waals surface area contributed by atoms with Crippen LogP contribution in [0.3, 0.4) is 0 Å². The number of hydrogen-bond acceptors (Lipinski definition) is 6. The number of nitrogens with one attached hydrogen (secondary N) is 2. The topological polar surface area (TPSA) is 128 Å². The number of aromatic amines is 1. The molecule has 11 heteroatoms. The fourth-order valence-corrected chi connectivity index (χ4v) is 3.94. The Kier molecular flexibility index (Phi) is 5.53. The van der Waals surface area contributed by atoms with Crippen LogP contribution in [0, 0.1) is 5.92 Å². The fourth-order valence-electron chi connectivity index (χ4n) is 3.39. The standard InChI is InChI=1S/C19H20BrN7O3/c1-26-10-21-8-12(26)6-11(18(29)30)7-15(28)27-5-4-22-19(27)25-13-2-3-14-17(16(13)20)24-9-23-14/h2-3,8-11H,4-7H2,1H3,(H,22,25)(H,23,24)(H,29,30)/t11-/m0/s1. The minimum atomic E-state index is -1.01. The molecule has 0 aliphatic carbocycles. The number of halogens is 1. The van der Waals surface area contributed by atoms with Crippen LogP contribution in [0.25, 0.3) is 11.0 Å². The molecular weight excluding hydrogens is 454 g/mol. The monoisotopic (exact) mass is 473 g/mol. The summed E-state index contributed by atoms with van der Waals surface area (Å²) >= 11 is 3.54. The van der Waals surface area contributed by atoms with Gasteiger partial charge in [-0.2, -0.15) is 0 Å². The Labute approximate surface area is 180 Å². The van der Waals surface area contributed by atoms with Crippen molar-refractivity contribution >= 4 is 50.5 Å². The van der Waals surface area contributed by atoms with Crippen molar-refractivity contribution in [3.8, 4) is 0 Å². The number of carboxylic acids is 1. The number of guanidine groups is 1. The van der Waals surface area contributed by atoms with Gasteiger partial charge in [-0.3, -0.25) is 19.5 Å². The highest BCUT2D eigenvalue weighted by molar-refractivity contribution is 9.10. The summed E-state index contributed by atoms with van der Waals surface area (Å²) in [7, 11) is 1.80. The number of imidazole rings is 2. The Morgan fingerprint density at radius 3 is 2.97 bits per heavy atom. The third-order valence-electron chi connectivity index (χ3n) is 5.06. The van der Waals surface area contributed by atoms with Crippen molar-refractivity contribution in [3.63, 3.8) is 0 Å². The van der Waals surface area contributed by atoms with Crippen LogP contribution in [-0.2, 0) is 23.1 Å². The van der Waals surface area contributed by atoms with Crippen molar-refractivity contribution < 1.29 is 14.7 Å². The van der Waals surface area contributed by atoms with Crippen molar-refractivity contribution in [1.82, 2.24) is 24.4 Å². The highest BCUT2D eigenvalue weighted by Crippen LogP contribution is 2.30. The Bertz CT molecular complexity index is 1140. The molecule has 3 heterocycles. The van der Waals surface area contributed by atoms with Crippen molar-refractivity contribution in [2.75, 3.05) is 18.4 Å². The number of fused-ring (bicyclic) bond motifs is 1. The van der Waals surface area contributed by atoms with Crippen molar-refractivity contribution in [2.24, 2.45) is 18.0 Å². The van der Waals surface area contributed by atoms with E-state index in [9.17, 15) is 14.7 Å². The maximum absolute atomic E-state index is 12.9. The first-order valence-corrected chi connectivity index (χ1v) is 10.1. The van der Waals surface area contributed by atoms with Gasteiger partial charge in [0.25, 0.3) is 0 Å². The second-order valence-electron chi connectivity index (χ2n) is 7.04. The molecule has 1 atom stereocenters. The zero-order valence-electron chi connectivity index (χ0n) is 16.2. The molecule has 0 saturated carbocycles. The summed E-state index contributed by atoms with van der Waals surface area (Å²) in [5, 5.41) is 12.8. The van der Waals surface area contributed by atoms with Crippen LogP contribution in [0.15, 0.2) is 40.4 Å². The predicted octanol–water partition coefficient (Wildman–Crippen LogP) is 2.00. The molecule has 0 bridgehead atoms. The molecule has 1 aliphatic heterocycles. The largest absolute Gasteiger partial charge is 0.481 e. The number of carboxylic acid groups (broad SMARTS) is 1. The second kappa shape index (κ2) is 8.27. The van der Waals surface area contributed by atoms with Crippen molar-refractivity contribution in [2.45, 2.75) is 12.8 Å². The number of H-pyrrole nitrogens is 1. The molecule has 1 aliphatic rings. The molecule has 0 fully saturated rings. The molecule has 4 rings (SSSR count). The third-order valence-corrected chi connectivity index (χ3v) is 5.86. The molecule has 3 aromatic rings. The van der Waals surface area contributed by atoms with Gasteiger partial charge in [-0.05, 0) is 28.1 Å². The number of carbonyl (C=O) groups is 2. The Morgan fingerprint density at radius 1 is 1.40 bits per heavy atom. The molecule has 0 unspecified atom stereocenters. The van der Waals surface area contributed by atoms with Gasteiger partial charge < -0.3 is 20.0 Å². The molecular formula is C19H20BrN7O3. The van der Waals surface area contributed by atoms with E-state index in [4.69, 9.17) is 0 Å². The highest BCUT2D eigenvalue weighted by Gasteiger charge is 2.30. The normalized spacial score (nSPS) is 14.7. The van der Waals surface area contributed by atoms with Crippen molar-refractivity contribution in [1.29, 1.82) is 0 Å². The van der Waals surface area contributed by atoms with Crippen LogP contribution in [-0.4, -0.2) is 60.5 Å². The van der Waals surface area contributed by atoms with Gasteiger partial charge in [-0.15, -0.1) is 0 Å². The van der Waals surface area contributed by atoms with Gasteiger partial charge in [0.15, 0.2) is 0 Å². The average molecular weight is 474 g/mol. The lowest BCUT2D eigenvalue weighted by Gasteiger charge is -2.22. The summed E-state index contributed by atoms with van der Waals surface area (Å²) in [4.78, 5) is 41.9. The number of benzene rings is 1. The summed E-state index contributed by atoms with van der Waals surface area (Å²) in [6.45, 7) is 0.858. The molecule has 1 aromatic carbocycles. The van der Waals surface area contributed by atoms with Gasteiger partial charge in [-0.1, -0.05) is 0 Å². The van der Waals surface area contributed by atoms with E-state index in [1.807, 2.05) is 12.1 Å². The number of hydrogen-bond donors (Lipinski definition) is 3. The van der Waals surface area contributed by atoms with Crippen LogP contribution in [0.4, 0.5) is 5.69 Å². The molecule has 3 N–H and O–H groups in total. The van der Waals surface area contributed by atoms with E-state index in [1.165, 1.54) is 4.90 Å². The number of carbonyl (C=O) groups excluding carboxylic acids is 1. The number of aryl methyl sites for hydroxylation is 1. The fraction of sp³-hybridized carbons (Fsp3) is 0.316. The van der Waals surface area contributed by atoms with Gasteiger partial charge in [0.1, 0.15) is 5.52 Å². The van der Waals surface area contributed by atoms with E-state index in [2.05, 4.69) is 41.2 Å². The molecule has 2 aromatic heterocycles. The molecule has 30 heavy (non-hydrogen) atoms. The van der Waals surface area contributed by atoms with Gasteiger partial charge in [0.05, 0.1) is 40.8 Å². The number of anilines is 1. The highest BCUT2D eigenvalue weighted by atomic mass is 79.9. The number of aliphatic carboxylic acids is 1. The summed E-state index contributed by atoms with van der Waals surface area (Å²) in [5.74, 6) is -1.74. The Morgan fingerprint density at radius 2 is 2.23 bits per heavy atom. The molecule has 0 spiro atoms. The Hall–Kier alpha value is -3.21. The van der Waals surface area contributed by atoms with E-state index >= 15 is 0 Å². The first-order valence-electron chi connectivity index (χ1n) is 9.35. The van der Waals surface area contributed by atoms with Gasteiger partial charge in [0, 0.05) is 38.3 Å². The van der Waals surface area contributed by atoms with E-state index in [0.717, 1.165) is 26.9 Å². The number of rotatable bonds is 6. The Balaban J connectivity index is 1.47. The SMILES string of the molecule is Cn1cncc1C[C@@H](CC(=O)N1CCN=C1Nc1ccc2[nH]cnc2c1Br)C(=O)O. The molecule has 0 saturated heterocycles. The second-order valence-corrected chi connectivity index (χ2v) is 7.83. The zero-order valence-corrected chi connectivity index (χ0v) is 17.8. The predicted molar refractivity (Wildman–Crippen MR) is 114 cm³/mol. The van der Waals surface area contributed by atoms with Crippen LogP contribution < -0.4 is 5.32 Å². The zero-order chi connectivity index (χ0) is 21.3. The number of amides is 1. The lowest BCUT2D eigenvalue weighted by atomic mass is 9.99. The lowest BCUT2D eigenvalue weighted by molar-refractivity contribution is -0.145. The van der Waals surface area contributed by atoms with Crippen LogP contribution in [0.2, 0.25) is 0 Å².